The Morgan fingerprint density at radius 2 is 1.79 bits per heavy atom. The molecule has 0 amide bonds. The van der Waals surface area contributed by atoms with Gasteiger partial charge in [0.1, 0.15) is 11.9 Å². The second kappa shape index (κ2) is 6.93. The van der Waals surface area contributed by atoms with Gasteiger partial charge in [-0.25, -0.2) is 0 Å². The van der Waals surface area contributed by atoms with Crippen LogP contribution in [0.3, 0.4) is 0 Å². The van der Waals surface area contributed by atoms with Crippen molar-refractivity contribution < 1.29 is 9.59 Å². The Bertz CT molecular complexity index is 837. The molecule has 0 heterocycles. The normalized spacial score (nSPS) is 40.3. The van der Waals surface area contributed by atoms with Crippen LogP contribution in [0.15, 0.2) is 23.3 Å². The van der Waals surface area contributed by atoms with E-state index in [1.807, 2.05) is 6.08 Å². The lowest BCUT2D eigenvalue weighted by Gasteiger charge is -2.58. The van der Waals surface area contributed by atoms with Gasteiger partial charge in [0, 0.05) is 17.3 Å². The van der Waals surface area contributed by atoms with E-state index >= 15 is 0 Å². The van der Waals surface area contributed by atoms with Gasteiger partial charge >= 0.3 is 0 Å². The Balaban J connectivity index is 1.86. The van der Waals surface area contributed by atoms with Gasteiger partial charge in [0.2, 0.25) is 0 Å². The van der Waals surface area contributed by atoms with Gasteiger partial charge in [-0.3, -0.25) is 9.59 Å². The molecule has 0 N–H and O–H groups in total. The smallest absolute Gasteiger partial charge is 0.183 e. The zero-order chi connectivity index (χ0) is 21.0. The monoisotopic (exact) mass is 393 g/mol. The van der Waals surface area contributed by atoms with Crippen molar-refractivity contribution in [2.24, 2.45) is 34.0 Å². The molecule has 3 nitrogen and oxygen atoms in total. The zero-order valence-electron chi connectivity index (χ0n) is 18.5. The van der Waals surface area contributed by atoms with Crippen LogP contribution in [0, 0.1) is 45.3 Å². The molecule has 3 unspecified atom stereocenters. The fourth-order valence-corrected chi connectivity index (χ4v) is 8.00. The van der Waals surface area contributed by atoms with Crippen molar-refractivity contribution in [3.8, 4) is 6.07 Å². The number of Topliss-reactive ketones (excluding diaryl/α,β-unsaturated/α-hetero) is 2. The van der Waals surface area contributed by atoms with E-state index in [0.717, 1.165) is 57.8 Å². The molecule has 4 rings (SSSR count). The standard InChI is InChI=1S/C26H35NO2/c1-5-12-26(13-6-2)21-9-7-18-19-8-10-22(28)24(19,3)14-11-20(18)25(21,4)15-17(16-27)23(26)29/h9,15,18-20H,5-8,10-14H2,1-4H3/t18?,19?,20?,24-,25+/m0/s1. The summed E-state index contributed by atoms with van der Waals surface area (Å²) in [7, 11) is 0. The topological polar surface area (TPSA) is 57.9 Å². The summed E-state index contributed by atoms with van der Waals surface area (Å²) < 4.78 is 0. The summed E-state index contributed by atoms with van der Waals surface area (Å²) in [5.41, 5.74) is 0.781. The lowest BCUT2D eigenvalue weighted by atomic mass is 9.44. The SMILES string of the molecule is CCCC1(CCC)C(=O)C(C#N)=C[C@@]2(C)C1=CCC1C2CC[C@]2(C)C(=O)CCC12. The molecule has 5 atom stereocenters. The lowest BCUT2D eigenvalue weighted by Crippen LogP contribution is -2.54. The average molecular weight is 394 g/mol. The molecule has 0 radical (unpaired) electrons. The Labute approximate surface area is 175 Å². The minimum atomic E-state index is -0.505. The van der Waals surface area contributed by atoms with Crippen LogP contribution in [0.4, 0.5) is 0 Å². The number of allylic oxidation sites excluding steroid dienone is 4. The van der Waals surface area contributed by atoms with Crippen molar-refractivity contribution in [3.05, 3.63) is 23.3 Å². The van der Waals surface area contributed by atoms with Crippen molar-refractivity contribution in [2.45, 2.75) is 85.5 Å². The molecule has 156 valence electrons. The molecule has 0 aromatic rings. The van der Waals surface area contributed by atoms with Crippen LogP contribution in [0.2, 0.25) is 0 Å². The third-order valence-electron chi connectivity index (χ3n) is 9.20. The number of hydrogen-bond donors (Lipinski definition) is 0. The molecule has 2 saturated carbocycles. The van der Waals surface area contributed by atoms with Gasteiger partial charge in [-0.2, -0.15) is 5.26 Å². The number of carbonyl (C=O) groups is 2. The summed E-state index contributed by atoms with van der Waals surface area (Å²) in [6.45, 7) is 8.78. The molecular weight excluding hydrogens is 358 g/mol. The van der Waals surface area contributed by atoms with Gasteiger partial charge in [-0.1, -0.05) is 58.3 Å². The number of nitrogens with zero attached hydrogens (tertiary/aromatic N) is 1. The minimum Gasteiger partial charge on any atom is -0.299 e. The Kier molecular flexibility index (Phi) is 4.92. The lowest BCUT2D eigenvalue weighted by molar-refractivity contribution is -0.131. The molecule has 0 bridgehead atoms. The first-order chi connectivity index (χ1) is 13.8. The number of carbonyl (C=O) groups excluding carboxylic acids is 2. The highest BCUT2D eigenvalue weighted by molar-refractivity contribution is 6.06. The largest absolute Gasteiger partial charge is 0.299 e. The number of rotatable bonds is 4. The summed E-state index contributed by atoms with van der Waals surface area (Å²) in [4.78, 5) is 26.2. The van der Waals surface area contributed by atoms with E-state index in [-0.39, 0.29) is 16.6 Å². The van der Waals surface area contributed by atoms with Crippen LogP contribution in [-0.2, 0) is 9.59 Å². The predicted octanol–water partition coefficient (Wildman–Crippen LogP) is 5.95. The van der Waals surface area contributed by atoms with E-state index < -0.39 is 5.41 Å². The van der Waals surface area contributed by atoms with Gasteiger partial charge in [0.15, 0.2) is 5.78 Å². The number of hydrogen-bond acceptors (Lipinski definition) is 3. The molecule has 3 heteroatoms. The Morgan fingerprint density at radius 3 is 2.41 bits per heavy atom. The van der Waals surface area contributed by atoms with Gasteiger partial charge in [-0.05, 0) is 56.3 Å². The third kappa shape index (κ3) is 2.60. The molecule has 0 aromatic carbocycles. The number of fused-ring (bicyclic) bond motifs is 5. The summed E-state index contributed by atoms with van der Waals surface area (Å²) in [6.07, 6.45) is 12.7. The minimum absolute atomic E-state index is 0.0579. The number of nitriles is 1. The predicted molar refractivity (Wildman–Crippen MR) is 114 cm³/mol. The molecule has 0 aliphatic heterocycles. The second-order valence-corrected chi connectivity index (χ2v) is 10.5. The molecule has 0 spiro atoms. The van der Waals surface area contributed by atoms with Gasteiger partial charge in [0.05, 0.1) is 11.0 Å². The van der Waals surface area contributed by atoms with Crippen LogP contribution in [-0.4, -0.2) is 11.6 Å². The highest BCUT2D eigenvalue weighted by Crippen LogP contribution is 2.66. The summed E-state index contributed by atoms with van der Waals surface area (Å²) in [6, 6.07) is 2.27. The van der Waals surface area contributed by atoms with Gasteiger partial charge in [-0.15, -0.1) is 0 Å². The van der Waals surface area contributed by atoms with Crippen LogP contribution in [0.5, 0.6) is 0 Å². The maximum Gasteiger partial charge on any atom is 0.183 e. The molecule has 4 aliphatic rings. The molecule has 2 fully saturated rings. The molecule has 4 aliphatic carbocycles. The Hall–Kier alpha value is -1.69. The van der Waals surface area contributed by atoms with E-state index in [4.69, 9.17) is 0 Å². The first kappa shape index (κ1) is 20.6. The van der Waals surface area contributed by atoms with E-state index in [9.17, 15) is 14.9 Å². The first-order valence-electron chi connectivity index (χ1n) is 11.7. The summed E-state index contributed by atoms with van der Waals surface area (Å²) in [5.74, 6) is 1.88. The average Bonchev–Trinajstić information content (AvgIpc) is 3.00. The fraction of sp³-hybridized carbons (Fsp3) is 0.731. The van der Waals surface area contributed by atoms with Gasteiger partial charge < -0.3 is 0 Å². The van der Waals surface area contributed by atoms with Crippen molar-refractivity contribution in [3.63, 3.8) is 0 Å². The van der Waals surface area contributed by atoms with Crippen molar-refractivity contribution >= 4 is 11.6 Å². The highest BCUT2D eigenvalue weighted by Gasteiger charge is 2.62. The zero-order valence-corrected chi connectivity index (χ0v) is 18.5. The van der Waals surface area contributed by atoms with Crippen LogP contribution >= 0.6 is 0 Å². The quantitative estimate of drug-likeness (QED) is 0.554. The maximum atomic E-state index is 13.5. The highest BCUT2D eigenvalue weighted by atomic mass is 16.1. The molecule has 0 aromatic heterocycles. The van der Waals surface area contributed by atoms with Crippen LogP contribution < -0.4 is 0 Å². The van der Waals surface area contributed by atoms with Gasteiger partial charge in [0.25, 0.3) is 0 Å². The van der Waals surface area contributed by atoms with E-state index in [2.05, 4.69) is 39.8 Å². The van der Waals surface area contributed by atoms with E-state index in [1.165, 1.54) is 5.57 Å². The molecular formula is C26H35NO2. The summed E-state index contributed by atoms with van der Waals surface area (Å²) >= 11 is 0. The fourth-order valence-electron chi connectivity index (χ4n) is 8.00. The molecule has 29 heavy (non-hydrogen) atoms. The van der Waals surface area contributed by atoms with Crippen molar-refractivity contribution in [1.29, 1.82) is 5.26 Å². The third-order valence-corrected chi connectivity index (χ3v) is 9.20. The number of ketones is 2. The van der Waals surface area contributed by atoms with Crippen molar-refractivity contribution in [2.75, 3.05) is 0 Å². The molecule has 0 saturated heterocycles. The maximum absolute atomic E-state index is 13.5. The van der Waals surface area contributed by atoms with E-state index in [1.54, 1.807) is 0 Å². The second-order valence-electron chi connectivity index (χ2n) is 10.5. The van der Waals surface area contributed by atoms with Crippen LogP contribution in [0.25, 0.3) is 0 Å². The Morgan fingerprint density at radius 1 is 1.10 bits per heavy atom. The summed E-state index contributed by atoms with van der Waals surface area (Å²) in [5, 5.41) is 9.85. The first-order valence-corrected chi connectivity index (χ1v) is 11.7. The van der Waals surface area contributed by atoms with Crippen LogP contribution in [0.1, 0.15) is 85.5 Å². The van der Waals surface area contributed by atoms with E-state index in [0.29, 0.717) is 29.1 Å². The van der Waals surface area contributed by atoms with Crippen molar-refractivity contribution in [1.82, 2.24) is 0 Å².